The molecule has 0 heterocycles. The van der Waals surface area contributed by atoms with E-state index in [4.69, 9.17) is 5.73 Å². The van der Waals surface area contributed by atoms with E-state index in [2.05, 4.69) is 17.2 Å². The van der Waals surface area contributed by atoms with Crippen LogP contribution in [0.2, 0.25) is 0 Å². The molecule has 2 aromatic carbocycles. The molecule has 3 nitrogen and oxygen atoms in total. The summed E-state index contributed by atoms with van der Waals surface area (Å²) in [6.45, 7) is 2.23. The standard InChI is InChI=1S/C18H18N2O/c1-14(15-8-3-2-4-9-15)20-18(21)17-12-6-5-10-16(17)11-7-13-19/h2-6,8-10,12,14H,13,19H2,1H3,(H,20,21). The van der Waals surface area contributed by atoms with Crippen molar-refractivity contribution < 1.29 is 4.79 Å². The fourth-order valence-electron chi connectivity index (χ4n) is 2.04. The largest absolute Gasteiger partial charge is 0.345 e. The van der Waals surface area contributed by atoms with Gasteiger partial charge in [-0.25, -0.2) is 0 Å². The molecule has 0 fully saturated rings. The molecule has 0 radical (unpaired) electrons. The Morgan fingerprint density at radius 3 is 2.52 bits per heavy atom. The molecule has 2 rings (SSSR count). The Bertz CT molecular complexity index is 668. The summed E-state index contributed by atoms with van der Waals surface area (Å²) in [5.74, 6) is 5.58. The van der Waals surface area contributed by atoms with Crippen molar-refractivity contribution in [2.24, 2.45) is 5.73 Å². The van der Waals surface area contributed by atoms with E-state index in [1.54, 1.807) is 6.07 Å². The van der Waals surface area contributed by atoms with Crippen LogP contribution in [0.4, 0.5) is 0 Å². The first-order chi connectivity index (χ1) is 10.2. The summed E-state index contributed by atoms with van der Waals surface area (Å²) in [4.78, 5) is 12.4. The first-order valence-corrected chi connectivity index (χ1v) is 6.86. The number of hydrogen-bond donors (Lipinski definition) is 2. The van der Waals surface area contributed by atoms with E-state index < -0.39 is 0 Å². The van der Waals surface area contributed by atoms with E-state index in [1.165, 1.54) is 0 Å². The smallest absolute Gasteiger partial charge is 0.253 e. The molecule has 0 saturated heterocycles. The normalized spacial score (nSPS) is 11.1. The van der Waals surface area contributed by atoms with Gasteiger partial charge in [0.05, 0.1) is 18.2 Å². The van der Waals surface area contributed by atoms with E-state index in [0.29, 0.717) is 11.1 Å². The number of hydrogen-bond acceptors (Lipinski definition) is 2. The maximum absolute atomic E-state index is 12.4. The Labute approximate surface area is 125 Å². The third kappa shape index (κ3) is 3.95. The van der Waals surface area contributed by atoms with Crippen molar-refractivity contribution in [2.75, 3.05) is 6.54 Å². The molecule has 1 amide bonds. The van der Waals surface area contributed by atoms with Gasteiger partial charge in [-0.3, -0.25) is 4.79 Å². The second-order valence-corrected chi connectivity index (χ2v) is 4.66. The Morgan fingerprint density at radius 2 is 1.81 bits per heavy atom. The molecule has 1 unspecified atom stereocenters. The van der Waals surface area contributed by atoms with Crippen LogP contribution in [0.25, 0.3) is 0 Å². The zero-order chi connectivity index (χ0) is 15.1. The summed E-state index contributed by atoms with van der Waals surface area (Å²) in [5, 5.41) is 2.99. The lowest BCUT2D eigenvalue weighted by Gasteiger charge is -2.15. The van der Waals surface area contributed by atoms with Crippen LogP contribution in [0.15, 0.2) is 54.6 Å². The van der Waals surface area contributed by atoms with Crippen LogP contribution < -0.4 is 11.1 Å². The summed E-state index contributed by atoms with van der Waals surface area (Å²) >= 11 is 0. The SMILES string of the molecule is CC(NC(=O)c1ccccc1C#CCN)c1ccccc1. The van der Waals surface area contributed by atoms with Crippen molar-refractivity contribution in [3.63, 3.8) is 0 Å². The topological polar surface area (TPSA) is 55.1 Å². The maximum Gasteiger partial charge on any atom is 0.253 e. The average molecular weight is 278 g/mol. The predicted molar refractivity (Wildman–Crippen MR) is 84.7 cm³/mol. The van der Waals surface area contributed by atoms with Gasteiger partial charge in [-0.2, -0.15) is 0 Å². The quantitative estimate of drug-likeness (QED) is 0.848. The molecule has 2 aromatic rings. The molecular formula is C18H18N2O. The molecule has 0 spiro atoms. The van der Waals surface area contributed by atoms with E-state index >= 15 is 0 Å². The molecule has 0 aliphatic carbocycles. The Morgan fingerprint density at radius 1 is 1.14 bits per heavy atom. The van der Waals surface area contributed by atoms with Gasteiger partial charge >= 0.3 is 0 Å². The van der Waals surface area contributed by atoms with Crippen molar-refractivity contribution in [3.05, 3.63) is 71.3 Å². The zero-order valence-electron chi connectivity index (χ0n) is 12.0. The van der Waals surface area contributed by atoms with E-state index in [9.17, 15) is 4.79 Å². The lowest BCUT2D eigenvalue weighted by Crippen LogP contribution is -2.27. The number of carbonyl (C=O) groups excluding carboxylic acids is 1. The van der Waals surface area contributed by atoms with Gasteiger partial charge in [-0.05, 0) is 24.6 Å². The van der Waals surface area contributed by atoms with Crippen LogP contribution in [0.5, 0.6) is 0 Å². The predicted octanol–water partition coefficient (Wildman–Crippen LogP) is 2.49. The van der Waals surface area contributed by atoms with Gasteiger partial charge in [0.25, 0.3) is 5.91 Å². The summed E-state index contributed by atoms with van der Waals surface area (Å²) in [5.41, 5.74) is 7.72. The minimum Gasteiger partial charge on any atom is -0.345 e. The Hall–Kier alpha value is -2.57. The van der Waals surface area contributed by atoms with Crippen LogP contribution in [0, 0.1) is 11.8 Å². The van der Waals surface area contributed by atoms with Gasteiger partial charge in [0, 0.05) is 5.56 Å². The second kappa shape index (κ2) is 7.28. The summed E-state index contributed by atoms with van der Waals surface area (Å²) in [6.07, 6.45) is 0. The van der Waals surface area contributed by atoms with Gasteiger partial charge in [-0.1, -0.05) is 54.3 Å². The highest BCUT2D eigenvalue weighted by Gasteiger charge is 2.13. The van der Waals surface area contributed by atoms with E-state index in [-0.39, 0.29) is 18.5 Å². The molecule has 106 valence electrons. The molecule has 0 bridgehead atoms. The number of amides is 1. The molecule has 0 aliphatic heterocycles. The summed E-state index contributed by atoms with van der Waals surface area (Å²) in [7, 11) is 0. The van der Waals surface area contributed by atoms with Crippen molar-refractivity contribution in [1.82, 2.24) is 5.32 Å². The first-order valence-electron chi connectivity index (χ1n) is 6.86. The Balaban J connectivity index is 2.17. The maximum atomic E-state index is 12.4. The molecule has 21 heavy (non-hydrogen) atoms. The molecular weight excluding hydrogens is 260 g/mol. The molecule has 0 aromatic heterocycles. The highest BCUT2D eigenvalue weighted by atomic mass is 16.1. The molecule has 3 heteroatoms. The van der Waals surface area contributed by atoms with Crippen LogP contribution >= 0.6 is 0 Å². The van der Waals surface area contributed by atoms with Crippen molar-refractivity contribution in [2.45, 2.75) is 13.0 Å². The second-order valence-electron chi connectivity index (χ2n) is 4.66. The number of nitrogens with one attached hydrogen (secondary N) is 1. The monoisotopic (exact) mass is 278 g/mol. The molecule has 1 atom stereocenters. The van der Waals surface area contributed by atoms with Gasteiger partial charge in [0.15, 0.2) is 0 Å². The fraction of sp³-hybridized carbons (Fsp3) is 0.167. The number of nitrogens with two attached hydrogens (primary N) is 1. The minimum atomic E-state index is -0.131. The summed E-state index contributed by atoms with van der Waals surface area (Å²) in [6, 6.07) is 17.1. The first kappa shape index (κ1) is 14.8. The van der Waals surface area contributed by atoms with Gasteiger partial charge in [0.2, 0.25) is 0 Å². The lowest BCUT2D eigenvalue weighted by molar-refractivity contribution is 0.0939. The minimum absolute atomic E-state index is 0.0609. The number of carbonyl (C=O) groups is 1. The Kier molecular flexibility index (Phi) is 5.14. The zero-order valence-corrected chi connectivity index (χ0v) is 12.0. The highest BCUT2D eigenvalue weighted by Crippen LogP contribution is 2.14. The lowest BCUT2D eigenvalue weighted by atomic mass is 10.0. The van der Waals surface area contributed by atoms with E-state index in [0.717, 1.165) is 5.56 Å². The van der Waals surface area contributed by atoms with Crippen molar-refractivity contribution in [3.8, 4) is 11.8 Å². The third-order valence-corrected chi connectivity index (χ3v) is 3.14. The van der Waals surface area contributed by atoms with Crippen LogP contribution in [-0.4, -0.2) is 12.5 Å². The van der Waals surface area contributed by atoms with Gasteiger partial charge < -0.3 is 11.1 Å². The van der Waals surface area contributed by atoms with Crippen LogP contribution in [-0.2, 0) is 0 Å². The fourth-order valence-corrected chi connectivity index (χ4v) is 2.04. The molecule has 3 N–H and O–H groups in total. The summed E-state index contributed by atoms with van der Waals surface area (Å²) < 4.78 is 0. The van der Waals surface area contributed by atoms with E-state index in [1.807, 2.05) is 55.5 Å². The third-order valence-electron chi connectivity index (χ3n) is 3.14. The highest BCUT2D eigenvalue weighted by molar-refractivity contribution is 5.96. The number of benzene rings is 2. The average Bonchev–Trinajstić information content (AvgIpc) is 2.54. The molecule has 0 aliphatic rings. The molecule has 0 saturated carbocycles. The van der Waals surface area contributed by atoms with Crippen LogP contribution in [0.1, 0.15) is 34.5 Å². The van der Waals surface area contributed by atoms with Crippen molar-refractivity contribution >= 4 is 5.91 Å². The van der Waals surface area contributed by atoms with Gasteiger partial charge in [0.1, 0.15) is 0 Å². The van der Waals surface area contributed by atoms with Gasteiger partial charge in [-0.15, -0.1) is 0 Å². The van der Waals surface area contributed by atoms with Crippen molar-refractivity contribution in [1.29, 1.82) is 0 Å². The van der Waals surface area contributed by atoms with Crippen LogP contribution in [0.3, 0.4) is 0 Å². The number of rotatable bonds is 3.